The number of hydrogen-bond donors (Lipinski definition) is 5. The first kappa shape index (κ1) is 18.7. The second kappa shape index (κ2) is 7.66. The third-order valence-corrected chi connectivity index (χ3v) is 4.24. The largest absolute Gasteiger partial charge is 0.478 e. The summed E-state index contributed by atoms with van der Waals surface area (Å²) < 4.78 is 15.8. The van der Waals surface area contributed by atoms with Crippen molar-refractivity contribution in [2.45, 2.75) is 37.3 Å². The molecule has 1 fully saturated rings. The van der Waals surface area contributed by atoms with Crippen LogP contribution < -0.4 is 0 Å². The number of aromatic amines is 1. The Morgan fingerprint density at radius 3 is 2.77 bits per heavy atom. The van der Waals surface area contributed by atoms with E-state index in [1.807, 2.05) is 0 Å². The Hall–Kier alpha value is -2.08. The highest BCUT2D eigenvalue weighted by Gasteiger charge is 2.45. The Labute approximate surface area is 147 Å². The Morgan fingerprint density at radius 2 is 2.12 bits per heavy atom. The molecule has 0 radical (unpaired) electrons. The molecule has 0 bridgehead atoms. The summed E-state index contributed by atoms with van der Waals surface area (Å²) in [4.78, 5) is 18.2. The van der Waals surface area contributed by atoms with Gasteiger partial charge in [-0.1, -0.05) is 0 Å². The molecule has 1 aromatic carbocycles. The maximum atomic E-state index is 11.0. The van der Waals surface area contributed by atoms with Gasteiger partial charge in [-0.15, -0.1) is 0 Å². The number of carboxylic acids is 1. The molecule has 0 amide bonds. The highest BCUT2D eigenvalue weighted by Crippen LogP contribution is 2.25. The van der Waals surface area contributed by atoms with E-state index in [-0.39, 0.29) is 12.2 Å². The Morgan fingerprint density at radius 1 is 1.35 bits per heavy atom. The van der Waals surface area contributed by atoms with Gasteiger partial charge in [0.1, 0.15) is 36.8 Å². The number of carbonyl (C=O) groups is 1. The van der Waals surface area contributed by atoms with E-state index in [4.69, 9.17) is 19.3 Å². The van der Waals surface area contributed by atoms with Gasteiger partial charge < -0.3 is 39.6 Å². The van der Waals surface area contributed by atoms with Gasteiger partial charge in [0, 0.05) is 7.11 Å². The van der Waals surface area contributed by atoms with Crippen molar-refractivity contribution < 1.29 is 39.4 Å². The fourth-order valence-electron chi connectivity index (χ4n) is 2.88. The summed E-state index contributed by atoms with van der Waals surface area (Å²) >= 11 is 0. The molecule has 1 aliphatic heterocycles. The maximum absolute atomic E-state index is 11.0. The molecule has 10 heteroatoms. The fraction of sp³-hybridized carbons (Fsp3) is 0.500. The number of aromatic carboxylic acids is 1. The van der Waals surface area contributed by atoms with E-state index >= 15 is 0 Å². The lowest BCUT2D eigenvalue weighted by Gasteiger charge is -2.41. The summed E-state index contributed by atoms with van der Waals surface area (Å²) in [6.07, 6.45) is -5.59. The predicted molar refractivity (Wildman–Crippen MR) is 86.4 cm³/mol. The Balaban J connectivity index is 1.74. The Kier molecular flexibility index (Phi) is 5.51. The molecule has 5 N–H and O–H groups in total. The average Bonchev–Trinajstić information content (AvgIpc) is 3.03. The second-order valence-corrected chi connectivity index (χ2v) is 5.94. The first-order valence-corrected chi connectivity index (χ1v) is 7.93. The van der Waals surface area contributed by atoms with E-state index in [1.54, 1.807) is 6.07 Å². The van der Waals surface area contributed by atoms with Crippen molar-refractivity contribution in [3.63, 3.8) is 0 Å². The summed E-state index contributed by atoms with van der Waals surface area (Å²) in [6, 6.07) is 4.46. The molecule has 1 saturated heterocycles. The second-order valence-electron chi connectivity index (χ2n) is 5.94. The monoisotopic (exact) mass is 368 g/mol. The molecule has 2 aromatic rings. The van der Waals surface area contributed by atoms with E-state index in [0.717, 1.165) is 0 Å². The first-order valence-electron chi connectivity index (χ1n) is 7.93. The molecule has 2 heterocycles. The average molecular weight is 368 g/mol. The van der Waals surface area contributed by atoms with Crippen LogP contribution >= 0.6 is 0 Å². The number of nitrogens with one attached hydrogen (secondary N) is 1. The lowest BCUT2D eigenvalue weighted by atomic mass is 9.99. The van der Waals surface area contributed by atoms with Gasteiger partial charge >= 0.3 is 5.97 Å². The van der Waals surface area contributed by atoms with Crippen LogP contribution in [0.1, 0.15) is 16.2 Å². The number of aliphatic hydroxyl groups excluding tert-OH is 3. The van der Waals surface area contributed by atoms with Crippen LogP contribution in [0.15, 0.2) is 18.2 Å². The van der Waals surface area contributed by atoms with E-state index in [0.29, 0.717) is 16.9 Å². The number of hydrogen-bond acceptors (Lipinski definition) is 8. The fourth-order valence-corrected chi connectivity index (χ4v) is 2.88. The zero-order valence-electron chi connectivity index (χ0n) is 13.9. The number of rotatable bonds is 6. The van der Waals surface area contributed by atoms with Gasteiger partial charge in [-0.3, -0.25) is 0 Å². The number of imidazole rings is 1. The quantitative estimate of drug-likeness (QED) is 0.442. The van der Waals surface area contributed by atoms with E-state index in [2.05, 4.69) is 9.97 Å². The number of aliphatic hydroxyl groups is 3. The summed E-state index contributed by atoms with van der Waals surface area (Å²) in [6.45, 7) is -0.541. The van der Waals surface area contributed by atoms with Crippen molar-refractivity contribution >= 4 is 17.0 Å². The molecule has 3 rings (SSSR count). The molecule has 142 valence electrons. The lowest BCUT2D eigenvalue weighted by molar-refractivity contribution is -0.303. The number of benzene rings is 1. The van der Waals surface area contributed by atoms with Gasteiger partial charge in [0.2, 0.25) is 0 Å². The van der Waals surface area contributed by atoms with Crippen LogP contribution in [0.3, 0.4) is 0 Å². The molecular formula is C16H20N2O8. The minimum absolute atomic E-state index is 0.0789. The molecular weight excluding hydrogens is 348 g/mol. The minimum Gasteiger partial charge on any atom is -0.478 e. The topological polar surface area (TPSA) is 154 Å². The Bertz CT molecular complexity index is 763. The zero-order valence-corrected chi connectivity index (χ0v) is 13.9. The van der Waals surface area contributed by atoms with Crippen molar-refractivity contribution in [3.8, 4) is 0 Å². The lowest BCUT2D eigenvalue weighted by Crippen LogP contribution is -2.59. The molecule has 0 spiro atoms. The number of carboxylic acid groups (broad SMARTS) is 1. The minimum atomic E-state index is -1.26. The molecule has 0 aliphatic carbocycles. The molecule has 1 aliphatic rings. The van der Waals surface area contributed by atoms with Crippen LogP contribution in [0.5, 0.6) is 0 Å². The third-order valence-electron chi connectivity index (χ3n) is 4.24. The molecule has 26 heavy (non-hydrogen) atoms. The van der Waals surface area contributed by atoms with E-state index in [9.17, 15) is 20.1 Å². The van der Waals surface area contributed by atoms with Crippen LogP contribution in [0.2, 0.25) is 0 Å². The van der Waals surface area contributed by atoms with Crippen LogP contribution in [0.25, 0.3) is 11.0 Å². The van der Waals surface area contributed by atoms with Crippen molar-refractivity contribution in [2.75, 3.05) is 13.7 Å². The van der Waals surface area contributed by atoms with Crippen molar-refractivity contribution in [1.29, 1.82) is 0 Å². The van der Waals surface area contributed by atoms with Crippen LogP contribution in [0.4, 0.5) is 0 Å². The summed E-state index contributed by atoms with van der Waals surface area (Å²) in [5.41, 5.74) is 1.21. The molecule has 1 aromatic heterocycles. The van der Waals surface area contributed by atoms with Crippen LogP contribution in [-0.4, -0.2) is 80.8 Å². The normalized spacial score (nSPS) is 29.2. The highest BCUT2D eigenvalue weighted by atomic mass is 16.7. The molecule has 0 saturated carbocycles. The number of aromatic nitrogens is 2. The van der Waals surface area contributed by atoms with Crippen molar-refractivity contribution in [2.24, 2.45) is 0 Å². The van der Waals surface area contributed by atoms with Crippen LogP contribution in [0, 0.1) is 0 Å². The molecule has 5 atom stereocenters. The van der Waals surface area contributed by atoms with E-state index < -0.39 is 43.3 Å². The number of H-pyrrole nitrogens is 1. The summed E-state index contributed by atoms with van der Waals surface area (Å²) in [5, 5.41) is 38.7. The number of ether oxygens (including phenoxy) is 3. The zero-order chi connectivity index (χ0) is 18.8. The van der Waals surface area contributed by atoms with Crippen molar-refractivity contribution in [1.82, 2.24) is 9.97 Å². The standard InChI is InChI=1S/C16H20N2O8/c1-24-16-13(21)14(12(20)10(5-19)26-16)25-6-11-17-8-3-2-7(15(22)23)4-9(8)18-11/h2-4,10,12-14,16,19-21H,5-6H2,1H3,(H,17,18)(H,22,23)/t10-,12+,13-,14+,16-/m1/s1. The van der Waals surface area contributed by atoms with Gasteiger partial charge in [0.15, 0.2) is 6.29 Å². The third kappa shape index (κ3) is 3.56. The number of fused-ring (bicyclic) bond motifs is 1. The first-order chi connectivity index (χ1) is 12.4. The van der Waals surface area contributed by atoms with Gasteiger partial charge in [0.05, 0.1) is 23.2 Å². The van der Waals surface area contributed by atoms with Crippen LogP contribution in [-0.2, 0) is 20.8 Å². The summed E-state index contributed by atoms with van der Waals surface area (Å²) in [5.74, 6) is -0.656. The van der Waals surface area contributed by atoms with Crippen molar-refractivity contribution in [3.05, 3.63) is 29.6 Å². The SMILES string of the molecule is CO[C@@H]1O[C@H](CO)[C@H](O)[C@H](OCc2nc3ccc(C(=O)O)cc3[nH]2)[C@H]1O. The smallest absolute Gasteiger partial charge is 0.335 e. The molecule has 0 unspecified atom stereocenters. The van der Waals surface area contributed by atoms with Gasteiger partial charge in [-0.2, -0.15) is 0 Å². The van der Waals surface area contributed by atoms with Gasteiger partial charge in [-0.25, -0.2) is 9.78 Å². The van der Waals surface area contributed by atoms with Gasteiger partial charge in [-0.05, 0) is 18.2 Å². The number of methoxy groups -OCH3 is 1. The van der Waals surface area contributed by atoms with E-state index in [1.165, 1.54) is 19.2 Å². The molecule has 10 nitrogen and oxygen atoms in total. The summed E-state index contributed by atoms with van der Waals surface area (Å²) in [7, 11) is 1.33. The maximum Gasteiger partial charge on any atom is 0.335 e. The highest BCUT2D eigenvalue weighted by molar-refractivity contribution is 5.92. The number of nitrogens with zero attached hydrogens (tertiary/aromatic N) is 1. The predicted octanol–water partition coefficient (Wildman–Crippen LogP) is -0.768. The van der Waals surface area contributed by atoms with Gasteiger partial charge in [0.25, 0.3) is 0 Å².